The van der Waals surface area contributed by atoms with Crippen molar-refractivity contribution in [3.8, 4) is 5.75 Å². The molecule has 1 aliphatic heterocycles. The molecular formula is C23H31NO5Si. The molecule has 4 atom stereocenters. The third kappa shape index (κ3) is 4.75. The second-order valence-corrected chi connectivity index (χ2v) is 12.5. The van der Waals surface area contributed by atoms with E-state index in [4.69, 9.17) is 9.47 Å². The number of nitrogens with one attached hydrogen (secondary N) is 1. The Morgan fingerprint density at radius 2 is 1.93 bits per heavy atom. The highest BCUT2D eigenvalue weighted by molar-refractivity contribution is 6.71. The number of ether oxygens (including phenoxy) is 2. The molecule has 0 aliphatic carbocycles. The van der Waals surface area contributed by atoms with E-state index in [2.05, 4.69) is 5.32 Å². The lowest BCUT2D eigenvalue weighted by molar-refractivity contribution is -0.0255. The molecule has 0 radical (unpaired) electrons. The molecule has 7 heteroatoms. The molecule has 1 amide bonds. The number of rotatable bonds is 7. The Morgan fingerprint density at radius 3 is 2.53 bits per heavy atom. The highest BCUT2D eigenvalue weighted by Gasteiger charge is 2.45. The predicted molar refractivity (Wildman–Crippen MR) is 119 cm³/mol. The number of methoxy groups -OCH3 is 1. The summed E-state index contributed by atoms with van der Waals surface area (Å²) in [4.78, 5) is 23.3. The molecular weight excluding hydrogens is 398 g/mol. The molecule has 0 saturated heterocycles. The Labute approximate surface area is 179 Å². The highest BCUT2D eigenvalue weighted by Crippen LogP contribution is 2.47. The Morgan fingerprint density at radius 1 is 1.23 bits per heavy atom. The molecule has 0 bridgehead atoms. The Kier molecular flexibility index (Phi) is 6.97. The topological polar surface area (TPSA) is 88.0 Å². The molecule has 0 spiro atoms. The number of carbonyl (C=O) groups excluding carboxylic acids is 1. The van der Waals surface area contributed by atoms with Gasteiger partial charge in [-0.15, -0.1) is 0 Å². The summed E-state index contributed by atoms with van der Waals surface area (Å²) in [5.74, 6) is 0.477. The number of carbonyl (C=O) groups is 1. The summed E-state index contributed by atoms with van der Waals surface area (Å²) in [6.45, 7) is 5.80. The summed E-state index contributed by atoms with van der Waals surface area (Å²) in [6.07, 6.45) is -0.0160. The van der Waals surface area contributed by atoms with Crippen molar-refractivity contribution in [2.75, 3.05) is 19.0 Å². The fourth-order valence-corrected chi connectivity index (χ4v) is 6.32. The Bertz CT molecular complexity index is 868. The molecule has 0 fully saturated rings. The largest absolute Gasteiger partial charge is 0.490 e. The second kappa shape index (κ2) is 9.30. The molecule has 1 aliphatic rings. The van der Waals surface area contributed by atoms with E-state index in [0.717, 1.165) is 5.56 Å². The minimum atomic E-state index is -2.57. The van der Waals surface area contributed by atoms with Crippen LogP contribution in [0, 0.1) is 5.92 Å². The van der Waals surface area contributed by atoms with Gasteiger partial charge in [-0.2, -0.15) is 0 Å². The molecule has 0 aromatic heterocycles. The standard InChI is InChI=1S/C23H31NO5Si/c1-15-21(28-2)18-14-17(24-23(26)16-8-6-5-7-9-16)10-11-19(18)29-22(15)20(12-13-25)30(3,4)27/h5-11,14-15,20-22,25,27H,12-13H2,1-4H3,(H,24,26)/t15-,20?,21-,22-/m1/s1. The van der Waals surface area contributed by atoms with Gasteiger partial charge in [0.1, 0.15) is 11.9 Å². The first-order valence-corrected chi connectivity index (χ1v) is 13.3. The monoisotopic (exact) mass is 429 g/mol. The number of aliphatic hydroxyl groups excluding tert-OH is 1. The number of hydrogen-bond acceptors (Lipinski definition) is 5. The number of amides is 1. The van der Waals surface area contributed by atoms with Crippen molar-refractivity contribution in [2.45, 2.75) is 44.2 Å². The number of aliphatic hydroxyl groups is 1. The first-order chi connectivity index (χ1) is 14.3. The SMILES string of the molecule is CO[C@H]1c2cc(NC(=O)c3ccccc3)ccc2O[C@@H](C(CCO)[Si](C)(C)O)[C@@H]1C. The lowest BCUT2D eigenvalue weighted by Crippen LogP contribution is -2.48. The average Bonchev–Trinajstić information content (AvgIpc) is 2.72. The van der Waals surface area contributed by atoms with E-state index < -0.39 is 8.32 Å². The maximum Gasteiger partial charge on any atom is 0.255 e. The number of anilines is 1. The first-order valence-electron chi connectivity index (χ1n) is 10.3. The van der Waals surface area contributed by atoms with Crippen molar-refractivity contribution >= 4 is 19.9 Å². The quantitative estimate of drug-likeness (QED) is 0.580. The van der Waals surface area contributed by atoms with Crippen LogP contribution in [-0.4, -0.2) is 43.9 Å². The van der Waals surface area contributed by atoms with Crippen molar-refractivity contribution < 1.29 is 24.2 Å². The summed E-state index contributed by atoms with van der Waals surface area (Å²) >= 11 is 0. The lowest BCUT2D eigenvalue weighted by Gasteiger charge is -2.43. The highest BCUT2D eigenvalue weighted by atomic mass is 28.4. The van der Waals surface area contributed by atoms with Gasteiger partial charge in [-0.05, 0) is 49.8 Å². The van der Waals surface area contributed by atoms with E-state index in [-0.39, 0.29) is 36.2 Å². The van der Waals surface area contributed by atoms with Crippen LogP contribution in [0.5, 0.6) is 5.75 Å². The molecule has 30 heavy (non-hydrogen) atoms. The van der Waals surface area contributed by atoms with Crippen LogP contribution in [0.15, 0.2) is 48.5 Å². The van der Waals surface area contributed by atoms with E-state index in [0.29, 0.717) is 23.4 Å². The van der Waals surface area contributed by atoms with Crippen LogP contribution in [0.1, 0.15) is 35.4 Å². The number of benzene rings is 2. The van der Waals surface area contributed by atoms with Crippen LogP contribution in [0.25, 0.3) is 0 Å². The van der Waals surface area contributed by atoms with Gasteiger partial charge in [-0.25, -0.2) is 0 Å². The maximum atomic E-state index is 12.5. The summed E-state index contributed by atoms with van der Waals surface area (Å²) in [6, 6.07) is 14.6. The van der Waals surface area contributed by atoms with Gasteiger partial charge in [-0.3, -0.25) is 4.79 Å². The van der Waals surface area contributed by atoms with E-state index in [9.17, 15) is 14.7 Å². The number of hydrogen-bond donors (Lipinski definition) is 3. The molecule has 0 saturated carbocycles. The van der Waals surface area contributed by atoms with E-state index in [1.807, 2.05) is 56.4 Å². The Hall–Kier alpha value is -2.19. The van der Waals surface area contributed by atoms with Crippen molar-refractivity contribution in [3.05, 3.63) is 59.7 Å². The smallest absolute Gasteiger partial charge is 0.255 e. The molecule has 2 aromatic carbocycles. The van der Waals surface area contributed by atoms with Gasteiger partial charge < -0.3 is 24.7 Å². The van der Waals surface area contributed by atoms with Crippen LogP contribution in [-0.2, 0) is 4.74 Å². The van der Waals surface area contributed by atoms with Crippen molar-refractivity contribution in [2.24, 2.45) is 5.92 Å². The van der Waals surface area contributed by atoms with Gasteiger partial charge in [0.25, 0.3) is 5.91 Å². The lowest BCUT2D eigenvalue weighted by atomic mass is 9.86. The molecule has 2 aromatic rings. The summed E-state index contributed by atoms with van der Waals surface area (Å²) in [5.41, 5.74) is 2.00. The van der Waals surface area contributed by atoms with Crippen LogP contribution in [0.3, 0.4) is 0 Å². The fourth-order valence-electron chi connectivity index (χ4n) is 4.31. The normalized spacial score (nSPS) is 22.0. The van der Waals surface area contributed by atoms with Crippen LogP contribution in [0.4, 0.5) is 5.69 Å². The van der Waals surface area contributed by atoms with Gasteiger partial charge in [0, 0.05) is 42.0 Å². The van der Waals surface area contributed by atoms with E-state index in [1.54, 1.807) is 19.2 Å². The summed E-state index contributed by atoms with van der Waals surface area (Å²) < 4.78 is 12.2. The minimum absolute atomic E-state index is 0.00317. The van der Waals surface area contributed by atoms with Crippen LogP contribution in [0.2, 0.25) is 18.6 Å². The van der Waals surface area contributed by atoms with Crippen LogP contribution < -0.4 is 10.1 Å². The van der Waals surface area contributed by atoms with Crippen molar-refractivity contribution in [3.63, 3.8) is 0 Å². The second-order valence-electron chi connectivity index (χ2n) is 8.44. The third-order valence-electron chi connectivity index (χ3n) is 5.87. The molecule has 1 unspecified atom stereocenters. The molecule has 3 rings (SSSR count). The first kappa shape index (κ1) is 22.5. The molecule has 1 heterocycles. The van der Waals surface area contributed by atoms with Gasteiger partial charge in [0.2, 0.25) is 0 Å². The zero-order chi connectivity index (χ0) is 21.9. The zero-order valence-electron chi connectivity index (χ0n) is 18.0. The zero-order valence-corrected chi connectivity index (χ0v) is 19.0. The van der Waals surface area contributed by atoms with Gasteiger partial charge >= 0.3 is 0 Å². The van der Waals surface area contributed by atoms with Gasteiger partial charge in [0.05, 0.1) is 6.10 Å². The fraction of sp³-hybridized carbons (Fsp3) is 0.435. The Balaban J connectivity index is 1.88. The maximum absolute atomic E-state index is 12.5. The minimum Gasteiger partial charge on any atom is -0.490 e. The van der Waals surface area contributed by atoms with E-state index in [1.165, 1.54) is 0 Å². The number of fused-ring (bicyclic) bond motifs is 1. The molecule has 6 nitrogen and oxygen atoms in total. The molecule has 3 N–H and O–H groups in total. The van der Waals surface area contributed by atoms with Crippen molar-refractivity contribution in [1.82, 2.24) is 0 Å². The third-order valence-corrected chi connectivity index (χ3v) is 8.30. The summed E-state index contributed by atoms with van der Waals surface area (Å²) in [5, 5.41) is 12.5. The predicted octanol–water partition coefficient (Wildman–Crippen LogP) is 3.97. The average molecular weight is 430 g/mol. The van der Waals surface area contributed by atoms with Gasteiger partial charge in [-0.1, -0.05) is 25.1 Å². The van der Waals surface area contributed by atoms with Crippen molar-refractivity contribution in [1.29, 1.82) is 0 Å². The van der Waals surface area contributed by atoms with E-state index >= 15 is 0 Å². The summed E-state index contributed by atoms with van der Waals surface area (Å²) in [7, 11) is -0.910. The van der Waals surface area contributed by atoms with Crippen LogP contribution >= 0.6 is 0 Å². The van der Waals surface area contributed by atoms with Gasteiger partial charge in [0.15, 0.2) is 8.32 Å². The molecule has 162 valence electrons.